The van der Waals surface area contributed by atoms with Gasteiger partial charge in [0.1, 0.15) is 0 Å². The lowest BCUT2D eigenvalue weighted by molar-refractivity contribution is 0.603. The zero-order valence-corrected chi connectivity index (χ0v) is 15.7. The Bertz CT molecular complexity index is 603. The predicted molar refractivity (Wildman–Crippen MR) is 97.4 cm³/mol. The summed E-state index contributed by atoms with van der Waals surface area (Å²) >= 11 is 5.57. The van der Waals surface area contributed by atoms with E-state index in [1.807, 2.05) is 11.3 Å². The van der Waals surface area contributed by atoms with E-state index in [0.717, 1.165) is 19.4 Å². The summed E-state index contributed by atoms with van der Waals surface area (Å²) in [7, 11) is 0. The highest BCUT2D eigenvalue weighted by molar-refractivity contribution is 9.10. The van der Waals surface area contributed by atoms with Gasteiger partial charge in [-0.25, -0.2) is 0 Å². The molecular weight excluding hydrogens is 342 g/mol. The number of rotatable bonds is 6. The molecule has 0 saturated carbocycles. The van der Waals surface area contributed by atoms with Crippen molar-refractivity contribution in [2.75, 3.05) is 6.54 Å². The lowest BCUT2D eigenvalue weighted by Gasteiger charge is -2.21. The third-order valence-corrected chi connectivity index (χ3v) is 5.92. The second-order valence-corrected chi connectivity index (χ2v) is 7.56. The third kappa shape index (κ3) is 3.97. The summed E-state index contributed by atoms with van der Waals surface area (Å²) in [6.45, 7) is 9.84. The van der Waals surface area contributed by atoms with Crippen LogP contribution in [-0.4, -0.2) is 6.54 Å². The standard InChI is InChI=1S/C18H24BrNS/c1-5-9-20-18(17-8-7-14(6-2)21-17)15-10-13(4)16(19)11-12(15)3/h7-8,10-11,18,20H,5-6,9H2,1-4H3. The van der Waals surface area contributed by atoms with Gasteiger partial charge in [-0.3, -0.25) is 0 Å². The summed E-state index contributed by atoms with van der Waals surface area (Å²) in [5.41, 5.74) is 4.03. The molecule has 1 atom stereocenters. The van der Waals surface area contributed by atoms with Crippen LogP contribution < -0.4 is 5.32 Å². The maximum absolute atomic E-state index is 3.72. The van der Waals surface area contributed by atoms with Gasteiger partial charge in [-0.15, -0.1) is 11.3 Å². The van der Waals surface area contributed by atoms with Crippen LogP contribution in [0.1, 0.15) is 52.8 Å². The average molecular weight is 366 g/mol. The van der Waals surface area contributed by atoms with Crippen LogP contribution in [0.5, 0.6) is 0 Å². The molecule has 0 spiro atoms. The van der Waals surface area contributed by atoms with Crippen molar-refractivity contribution >= 4 is 27.3 Å². The Hall–Kier alpha value is -0.640. The van der Waals surface area contributed by atoms with Crippen LogP contribution >= 0.6 is 27.3 Å². The van der Waals surface area contributed by atoms with Crippen molar-refractivity contribution in [2.24, 2.45) is 0 Å². The molecule has 1 N–H and O–H groups in total. The Morgan fingerprint density at radius 1 is 1.14 bits per heavy atom. The second-order valence-electron chi connectivity index (χ2n) is 5.50. The first-order valence-electron chi connectivity index (χ1n) is 7.65. The molecule has 0 fully saturated rings. The monoisotopic (exact) mass is 365 g/mol. The van der Waals surface area contributed by atoms with Crippen molar-refractivity contribution in [1.29, 1.82) is 0 Å². The molecule has 1 aromatic heterocycles. The quantitative estimate of drug-likeness (QED) is 0.683. The van der Waals surface area contributed by atoms with Crippen LogP contribution in [-0.2, 0) is 6.42 Å². The molecule has 114 valence electrons. The molecule has 2 rings (SSSR count). The molecule has 0 amide bonds. The highest BCUT2D eigenvalue weighted by Gasteiger charge is 2.18. The number of benzene rings is 1. The smallest absolute Gasteiger partial charge is 0.0673 e. The van der Waals surface area contributed by atoms with E-state index >= 15 is 0 Å². The molecule has 1 nitrogen and oxygen atoms in total. The normalized spacial score (nSPS) is 12.6. The lowest BCUT2D eigenvalue weighted by atomic mass is 9.97. The van der Waals surface area contributed by atoms with Crippen molar-refractivity contribution < 1.29 is 0 Å². The minimum Gasteiger partial charge on any atom is -0.306 e. The van der Waals surface area contributed by atoms with Crippen molar-refractivity contribution in [1.82, 2.24) is 5.32 Å². The van der Waals surface area contributed by atoms with E-state index in [9.17, 15) is 0 Å². The molecule has 0 aliphatic heterocycles. The largest absolute Gasteiger partial charge is 0.306 e. The minimum absolute atomic E-state index is 0.307. The summed E-state index contributed by atoms with van der Waals surface area (Å²) in [4.78, 5) is 2.88. The lowest BCUT2D eigenvalue weighted by Crippen LogP contribution is -2.23. The fourth-order valence-corrected chi connectivity index (χ4v) is 4.01. The van der Waals surface area contributed by atoms with E-state index in [1.54, 1.807) is 0 Å². The summed E-state index contributed by atoms with van der Waals surface area (Å²) in [6, 6.07) is 9.41. The number of hydrogen-bond acceptors (Lipinski definition) is 2. The number of nitrogens with one attached hydrogen (secondary N) is 1. The Morgan fingerprint density at radius 3 is 2.52 bits per heavy atom. The van der Waals surface area contributed by atoms with E-state index in [4.69, 9.17) is 0 Å². The van der Waals surface area contributed by atoms with Gasteiger partial charge in [-0.05, 0) is 68.1 Å². The van der Waals surface area contributed by atoms with Crippen LogP contribution in [0, 0.1) is 13.8 Å². The van der Waals surface area contributed by atoms with Crippen molar-refractivity contribution in [3.63, 3.8) is 0 Å². The summed E-state index contributed by atoms with van der Waals surface area (Å²) < 4.78 is 1.19. The van der Waals surface area contributed by atoms with E-state index < -0.39 is 0 Å². The van der Waals surface area contributed by atoms with E-state index in [-0.39, 0.29) is 0 Å². The van der Waals surface area contributed by atoms with Gasteiger partial charge in [0.05, 0.1) is 6.04 Å². The molecule has 0 aliphatic carbocycles. The van der Waals surface area contributed by atoms with E-state index in [0.29, 0.717) is 6.04 Å². The van der Waals surface area contributed by atoms with Gasteiger partial charge < -0.3 is 5.32 Å². The highest BCUT2D eigenvalue weighted by atomic mass is 79.9. The second kappa shape index (κ2) is 7.57. The fourth-order valence-electron chi connectivity index (χ4n) is 2.51. The van der Waals surface area contributed by atoms with Gasteiger partial charge >= 0.3 is 0 Å². The molecule has 1 unspecified atom stereocenters. The molecule has 0 radical (unpaired) electrons. The van der Waals surface area contributed by atoms with Gasteiger partial charge in [0.25, 0.3) is 0 Å². The van der Waals surface area contributed by atoms with Crippen LogP contribution in [0.4, 0.5) is 0 Å². The van der Waals surface area contributed by atoms with Gasteiger partial charge in [-0.2, -0.15) is 0 Å². The number of halogens is 1. The maximum atomic E-state index is 3.72. The molecule has 1 aromatic carbocycles. The third-order valence-electron chi connectivity index (χ3n) is 3.77. The molecule has 1 heterocycles. The van der Waals surface area contributed by atoms with Crippen LogP contribution in [0.15, 0.2) is 28.7 Å². The van der Waals surface area contributed by atoms with Crippen molar-refractivity contribution in [3.05, 3.63) is 55.2 Å². The zero-order valence-electron chi connectivity index (χ0n) is 13.3. The first-order chi connectivity index (χ1) is 10.1. The summed E-state index contributed by atoms with van der Waals surface area (Å²) in [6.07, 6.45) is 2.26. The van der Waals surface area contributed by atoms with Crippen molar-refractivity contribution in [2.45, 2.75) is 46.6 Å². The zero-order chi connectivity index (χ0) is 15.4. The molecule has 0 saturated heterocycles. The van der Waals surface area contributed by atoms with E-state index in [2.05, 4.69) is 73.2 Å². The van der Waals surface area contributed by atoms with Crippen LogP contribution in [0.2, 0.25) is 0 Å². The minimum atomic E-state index is 0.307. The first-order valence-corrected chi connectivity index (χ1v) is 9.26. The maximum Gasteiger partial charge on any atom is 0.0673 e. The molecule has 21 heavy (non-hydrogen) atoms. The van der Waals surface area contributed by atoms with Crippen LogP contribution in [0.25, 0.3) is 0 Å². The van der Waals surface area contributed by atoms with Gasteiger partial charge in [0, 0.05) is 14.2 Å². The first kappa shape index (κ1) is 16.7. The number of thiophene rings is 1. The number of aryl methyl sites for hydroxylation is 3. The summed E-state index contributed by atoms with van der Waals surface area (Å²) in [5.74, 6) is 0. The van der Waals surface area contributed by atoms with E-state index in [1.165, 1.54) is 30.9 Å². The average Bonchev–Trinajstić information content (AvgIpc) is 2.93. The Morgan fingerprint density at radius 2 is 1.90 bits per heavy atom. The topological polar surface area (TPSA) is 12.0 Å². The molecule has 3 heteroatoms. The predicted octanol–water partition coefficient (Wildman–Crippen LogP) is 5.78. The van der Waals surface area contributed by atoms with Crippen molar-refractivity contribution in [3.8, 4) is 0 Å². The number of hydrogen-bond donors (Lipinski definition) is 1. The molecule has 2 aromatic rings. The van der Waals surface area contributed by atoms with Gasteiger partial charge in [0.2, 0.25) is 0 Å². The Kier molecular flexibility index (Phi) is 6.03. The van der Waals surface area contributed by atoms with Crippen LogP contribution in [0.3, 0.4) is 0 Å². The molecule has 0 aliphatic rings. The summed E-state index contributed by atoms with van der Waals surface area (Å²) in [5, 5.41) is 3.72. The van der Waals surface area contributed by atoms with Gasteiger partial charge in [0.15, 0.2) is 0 Å². The Balaban J connectivity index is 2.42. The molecular formula is C18H24BrNS. The molecule has 0 bridgehead atoms. The van der Waals surface area contributed by atoms with Gasteiger partial charge in [-0.1, -0.05) is 35.8 Å². The fraction of sp³-hybridized carbons (Fsp3) is 0.444. The highest BCUT2D eigenvalue weighted by Crippen LogP contribution is 2.33. The SMILES string of the molecule is CCCNC(c1ccc(CC)s1)c1cc(C)c(Br)cc1C. The Labute approximate surface area is 140 Å².